The number of carbonyl (C=O) groups is 1. The molecule has 0 saturated carbocycles. The lowest BCUT2D eigenvalue weighted by Crippen LogP contribution is -2.30. The molecule has 0 fully saturated rings. The van der Waals surface area contributed by atoms with Crippen LogP contribution in [0, 0.1) is 16.7 Å². The van der Waals surface area contributed by atoms with Crippen LogP contribution >= 0.6 is 15.9 Å². The smallest absolute Gasteiger partial charge is 0.354 e. The third-order valence-electron chi connectivity index (χ3n) is 2.19. The van der Waals surface area contributed by atoms with E-state index in [0.717, 1.165) is 4.47 Å². The van der Waals surface area contributed by atoms with Crippen molar-refractivity contribution in [3.8, 4) is 6.07 Å². The first kappa shape index (κ1) is 14.2. The molecular formula is C12H12BrN3O2. The SMILES string of the molecule is CC(C)(C#N)Nc1cc(Br)ccc1C(=N)C(=O)O. The van der Waals surface area contributed by atoms with Crippen LogP contribution in [0.1, 0.15) is 19.4 Å². The van der Waals surface area contributed by atoms with Crippen molar-refractivity contribution in [2.24, 2.45) is 0 Å². The molecule has 0 saturated heterocycles. The topological polar surface area (TPSA) is 97.0 Å². The Morgan fingerprint density at radius 2 is 2.17 bits per heavy atom. The van der Waals surface area contributed by atoms with E-state index < -0.39 is 17.2 Å². The van der Waals surface area contributed by atoms with Gasteiger partial charge in [0.25, 0.3) is 0 Å². The Morgan fingerprint density at radius 1 is 1.56 bits per heavy atom. The van der Waals surface area contributed by atoms with Crippen LogP contribution in [0.4, 0.5) is 5.69 Å². The zero-order valence-corrected chi connectivity index (χ0v) is 11.5. The van der Waals surface area contributed by atoms with Crippen molar-refractivity contribution in [1.29, 1.82) is 10.7 Å². The summed E-state index contributed by atoms with van der Waals surface area (Å²) in [5, 5.41) is 28.3. The highest BCUT2D eigenvalue weighted by atomic mass is 79.9. The summed E-state index contributed by atoms with van der Waals surface area (Å²) in [6.07, 6.45) is 0. The highest BCUT2D eigenvalue weighted by Crippen LogP contribution is 2.25. The maximum Gasteiger partial charge on any atom is 0.354 e. The van der Waals surface area contributed by atoms with E-state index in [-0.39, 0.29) is 5.56 Å². The van der Waals surface area contributed by atoms with Gasteiger partial charge in [0, 0.05) is 15.7 Å². The lowest BCUT2D eigenvalue weighted by molar-refractivity contribution is -0.129. The molecule has 6 heteroatoms. The van der Waals surface area contributed by atoms with E-state index in [1.807, 2.05) is 0 Å². The second-order valence-corrected chi connectivity index (χ2v) is 5.15. The second-order valence-electron chi connectivity index (χ2n) is 4.23. The molecule has 3 N–H and O–H groups in total. The third kappa shape index (κ3) is 3.31. The molecule has 1 rings (SSSR count). The molecule has 0 aromatic heterocycles. The number of rotatable bonds is 4. The average Bonchev–Trinajstić information content (AvgIpc) is 2.28. The predicted molar refractivity (Wildman–Crippen MR) is 71.9 cm³/mol. The maximum atomic E-state index is 10.8. The van der Waals surface area contributed by atoms with E-state index in [2.05, 4.69) is 27.3 Å². The number of nitrogens with one attached hydrogen (secondary N) is 2. The number of benzene rings is 1. The Balaban J connectivity index is 3.25. The summed E-state index contributed by atoms with van der Waals surface area (Å²) in [5.74, 6) is -1.31. The van der Waals surface area contributed by atoms with E-state index in [1.165, 1.54) is 6.07 Å². The molecule has 0 bridgehead atoms. The number of hydrogen-bond acceptors (Lipinski definition) is 4. The molecule has 94 valence electrons. The van der Waals surface area contributed by atoms with Crippen molar-refractivity contribution >= 4 is 33.3 Å². The molecule has 0 unspecified atom stereocenters. The van der Waals surface area contributed by atoms with Gasteiger partial charge in [0.05, 0.1) is 6.07 Å². The number of halogens is 1. The minimum Gasteiger partial charge on any atom is -0.477 e. The van der Waals surface area contributed by atoms with E-state index >= 15 is 0 Å². The molecule has 5 nitrogen and oxygen atoms in total. The van der Waals surface area contributed by atoms with E-state index in [0.29, 0.717) is 5.69 Å². The molecule has 0 aliphatic carbocycles. The Morgan fingerprint density at radius 3 is 2.67 bits per heavy atom. The molecule has 0 aliphatic rings. The van der Waals surface area contributed by atoms with Crippen molar-refractivity contribution < 1.29 is 9.90 Å². The lowest BCUT2D eigenvalue weighted by atomic mass is 10.0. The van der Waals surface area contributed by atoms with E-state index in [9.17, 15) is 4.79 Å². The number of aliphatic carboxylic acids is 1. The number of anilines is 1. The first-order valence-corrected chi connectivity index (χ1v) is 5.87. The van der Waals surface area contributed by atoms with Gasteiger partial charge >= 0.3 is 5.97 Å². The van der Waals surface area contributed by atoms with Gasteiger partial charge in [0.1, 0.15) is 11.3 Å². The van der Waals surface area contributed by atoms with Gasteiger partial charge in [-0.15, -0.1) is 0 Å². The van der Waals surface area contributed by atoms with Gasteiger partial charge in [-0.05, 0) is 32.0 Å². The number of hydrogen-bond donors (Lipinski definition) is 3. The molecule has 1 aromatic rings. The Kier molecular flexibility index (Phi) is 4.09. The molecule has 0 atom stereocenters. The molecule has 0 amide bonds. The zero-order chi connectivity index (χ0) is 13.9. The first-order valence-electron chi connectivity index (χ1n) is 5.08. The Labute approximate surface area is 113 Å². The van der Waals surface area contributed by atoms with Crippen LogP contribution in [0.5, 0.6) is 0 Å². The van der Waals surface area contributed by atoms with Crippen LogP contribution < -0.4 is 5.32 Å². The van der Waals surface area contributed by atoms with Crippen molar-refractivity contribution in [2.45, 2.75) is 19.4 Å². The zero-order valence-electron chi connectivity index (χ0n) is 9.91. The van der Waals surface area contributed by atoms with Crippen molar-refractivity contribution in [1.82, 2.24) is 0 Å². The standard InChI is InChI=1S/C12H12BrN3O2/c1-12(2,6-14)16-9-5-7(13)3-4-8(9)10(15)11(17)18/h3-5,15-16H,1-2H3,(H,17,18). The van der Waals surface area contributed by atoms with Gasteiger partial charge in [0.15, 0.2) is 0 Å². The van der Waals surface area contributed by atoms with E-state index in [1.54, 1.807) is 26.0 Å². The van der Waals surface area contributed by atoms with Gasteiger partial charge in [-0.2, -0.15) is 5.26 Å². The van der Waals surface area contributed by atoms with Gasteiger partial charge in [-0.1, -0.05) is 15.9 Å². The summed E-state index contributed by atoms with van der Waals surface area (Å²) in [6, 6.07) is 6.88. The Hall–Kier alpha value is -1.87. The minimum atomic E-state index is -1.31. The van der Waals surface area contributed by atoms with Crippen LogP contribution in [-0.4, -0.2) is 22.3 Å². The second kappa shape index (κ2) is 5.19. The summed E-state index contributed by atoms with van der Waals surface area (Å²) in [4.78, 5) is 10.8. The van der Waals surface area contributed by atoms with Crippen LogP contribution in [0.15, 0.2) is 22.7 Å². The van der Waals surface area contributed by atoms with Gasteiger partial charge in [-0.25, -0.2) is 4.79 Å². The summed E-state index contributed by atoms with van der Waals surface area (Å²) < 4.78 is 0.737. The van der Waals surface area contributed by atoms with Gasteiger partial charge < -0.3 is 10.4 Å². The van der Waals surface area contributed by atoms with Crippen LogP contribution in [0.2, 0.25) is 0 Å². The Bertz CT molecular complexity index is 547. The summed E-state index contributed by atoms with van der Waals surface area (Å²) in [7, 11) is 0. The molecule has 0 aliphatic heterocycles. The van der Waals surface area contributed by atoms with Crippen molar-refractivity contribution in [2.75, 3.05) is 5.32 Å². The average molecular weight is 310 g/mol. The number of carboxylic acid groups (broad SMARTS) is 1. The van der Waals surface area contributed by atoms with E-state index in [4.69, 9.17) is 15.8 Å². The number of carboxylic acids is 1. The summed E-state index contributed by atoms with van der Waals surface area (Å²) in [6.45, 7) is 3.34. The first-order chi connectivity index (χ1) is 8.26. The summed E-state index contributed by atoms with van der Waals surface area (Å²) in [5.41, 5.74) is -0.690. The quantitative estimate of drug-likeness (QED) is 0.745. The molecular weight excluding hydrogens is 298 g/mol. The third-order valence-corrected chi connectivity index (χ3v) is 2.68. The highest BCUT2D eigenvalue weighted by Gasteiger charge is 2.21. The molecule has 0 spiro atoms. The largest absolute Gasteiger partial charge is 0.477 e. The number of nitrogens with zero attached hydrogens (tertiary/aromatic N) is 1. The number of nitriles is 1. The lowest BCUT2D eigenvalue weighted by Gasteiger charge is -2.21. The normalized spacial score (nSPS) is 10.6. The van der Waals surface area contributed by atoms with Crippen molar-refractivity contribution in [3.63, 3.8) is 0 Å². The molecule has 0 radical (unpaired) electrons. The van der Waals surface area contributed by atoms with Gasteiger partial charge in [-0.3, -0.25) is 5.41 Å². The molecule has 18 heavy (non-hydrogen) atoms. The fourth-order valence-corrected chi connectivity index (χ4v) is 1.68. The van der Waals surface area contributed by atoms with Crippen molar-refractivity contribution in [3.05, 3.63) is 28.2 Å². The highest BCUT2D eigenvalue weighted by molar-refractivity contribution is 9.10. The predicted octanol–water partition coefficient (Wildman–Crippen LogP) is 2.62. The minimum absolute atomic E-state index is 0.244. The fourth-order valence-electron chi connectivity index (χ4n) is 1.32. The van der Waals surface area contributed by atoms with Gasteiger partial charge in [0.2, 0.25) is 0 Å². The monoisotopic (exact) mass is 309 g/mol. The maximum absolute atomic E-state index is 10.8. The van der Waals surface area contributed by atoms with Crippen LogP contribution in [0.3, 0.4) is 0 Å². The summed E-state index contributed by atoms with van der Waals surface area (Å²) >= 11 is 3.27. The van der Waals surface area contributed by atoms with Crippen LogP contribution in [-0.2, 0) is 4.79 Å². The molecule has 0 heterocycles. The fraction of sp³-hybridized carbons (Fsp3) is 0.250. The molecule has 1 aromatic carbocycles. The van der Waals surface area contributed by atoms with Crippen LogP contribution in [0.25, 0.3) is 0 Å².